The first-order valence-corrected chi connectivity index (χ1v) is 11.0. The van der Waals surface area contributed by atoms with Gasteiger partial charge in [-0.25, -0.2) is 0 Å². The molecule has 1 N–H and O–H groups in total. The average molecular weight is 406 g/mol. The van der Waals surface area contributed by atoms with Gasteiger partial charge in [0.1, 0.15) is 0 Å². The maximum Gasteiger partial charge on any atom is 0.0854 e. The summed E-state index contributed by atoms with van der Waals surface area (Å²) in [5, 5.41) is 9.55. The molecule has 1 saturated carbocycles. The smallest absolute Gasteiger partial charge is 0.0854 e. The van der Waals surface area contributed by atoms with Crippen molar-refractivity contribution in [2.24, 2.45) is 0 Å². The molecule has 0 unspecified atom stereocenters. The van der Waals surface area contributed by atoms with Crippen molar-refractivity contribution in [3.05, 3.63) is 115 Å². The second-order valence-electron chi connectivity index (χ2n) is 8.41. The van der Waals surface area contributed by atoms with Crippen LogP contribution in [0.2, 0.25) is 0 Å². The third-order valence-electron chi connectivity index (χ3n) is 6.03. The van der Waals surface area contributed by atoms with Crippen LogP contribution in [0.15, 0.2) is 103 Å². The molecule has 0 radical (unpaired) electrons. The number of hydrogen-bond acceptors (Lipinski definition) is 1. The Balaban J connectivity index is 1.71. The molecule has 1 aromatic heterocycles. The number of rotatable bonds is 7. The molecule has 2 nitrogen and oxygen atoms in total. The zero-order valence-corrected chi connectivity index (χ0v) is 17.7. The van der Waals surface area contributed by atoms with E-state index in [2.05, 4.69) is 102 Å². The van der Waals surface area contributed by atoms with E-state index in [1.807, 2.05) is 0 Å². The van der Waals surface area contributed by atoms with Crippen molar-refractivity contribution in [3.63, 3.8) is 0 Å². The normalized spacial score (nSPS) is 13.3. The van der Waals surface area contributed by atoms with Gasteiger partial charge in [0.25, 0.3) is 0 Å². The summed E-state index contributed by atoms with van der Waals surface area (Å²) >= 11 is 0. The van der Waals surface area contributed by atoms with Crippen molar-refractivity contribution in [1.82, 2.24) is 4.57 Å². The van der Waals surface area contributed by atoms with E-state index < -0.39 is 0 Å². The zero-order chi connectivity index (χ0) is 21.2. The van der Waals surface area contributed by atoms with Crippen molar-refractivity contribution in [1.29, 1.82) is 0 Å². The first kappa shape index (κ1) is 19.4. The second kappa shape index (κ2) is 8.31. The number of aliphatic hydroxyl groups is 1. The van der Waals surface area contributed by atoms with E-state index in [9.17, 15) is 5.11 Å². The Kier molecular flexibility index (Phi) is 5.21. The Morgan fingerprint density at radius 1 is 0.839 bits per heavy atom. The molecule has 31 heavy (non-hydrogen) atoms. The van der Waals surface area contributed by atoms with Crippen molar-refractivity contribution in [3.8, 4) is 28.1 Å². The molecule has 0 bridgehead atoms. The van der Waals surface area contributed by atoms with Crippen molar-refractivity contribution >= 4 is 0 Å². The Morgan fingerprint density at radius 3 is 2.16 bits per heavy atom. The quantitative estimate of drug-likeness (QED) is 0.313. The Hall–Kier alpha value is -3.52. The van der Waals surface area contributed by atoms with E-state index in [0.29, 0.717) is 12.3 Å². The molecular weight excluding hydrogens is 378 g/mol. The molecule has 5 rings (SSSR count). The van der Waals surface area contributed by atoms with E-state index in [1.54, 1.807) is 0 Å². The monoisotopic (exact) mass is 405 g/mol. The summed E-state index contributed by atoms with van der Waals surface area (Å²) in [5.74, 6) is 0.829. The lowest BCUT2D eigenvalue weighted by Crippen LogP contribution is -2.03. The van der Waals surface area contributed by atoms with Gasteiger partial charge in [0.15, 0.2) is 0 Å². The maximum absolute atomic E-state index is 9.55. The number of aryl methyl sites for hydroxylation is 1. The van der Waals surface area contributed by atoms with Gasteiger partial charge >= 0.3 is 0 Å². The SMILES string of the molecule is C=C(O)CCc1cccc(-n2c(-c3ccccc3)cc(-c3ccccc3)c2C2CC2)c1. The highest BCUT2D eigenvalue weighted by atomic mass is 16.3. The molecule has 0 atom stereocenters. The fraction of sp³-hybridized carbons (Fsp3) is 0.172. The number of allylic oxidation sites excluding steroid dienone is 1. The molecule has 2 heteroatoms. The maximum atomic E-state index is 9.55. The lowest BCUT2D eigenvalue weighted by Gasteiger charge is -2.16. The van der Waals surface area contributed by atoms with Crippen LogP contribution in [0, 0.1) is 0 Å². The molecule has 154 valence electrons. The zero-order valence-electron chi connectivity index (χ0n) is 17.7. The number of aliphatic hydroxyl groups excluding tert-OH is 1. The largest absolute Gasteiger partial charge is 0.513 e. The molecule has 0 saturated heterocycles. The fourth-order valence-corrected chi connectivity index (χ4v) is 4.37. The topological polar surface area (TPSA) is 25.2 Å². The molecule has 0 amide bonds. The third-order valence-corrected chi connectivity index (χ3v) is 6.03. The Labute approximate surface area is 184 Å². The number of nitrogens with zero attached hydrogens (tertiary/aromatic N) is 1. The third kappa shape index (κ3) is 4.06. The van der Waals surface area contributed by atoms with Crippen LogP contribution in [-0.2, 0) is 6.42 Å². The number of aromatic nitrogens is 1. The van der Waals surface area contributed by atoms with Crippen molar-refractivity contribution in [2.75, 3.05) is 0 Å². The van der Waals surface area contributed by atoms with Gasteiger partial charge < -0.3 is 9.67 Å². The highest BCUT2D eigenvalue weighted by Crippen LogP contribution is 2.48. The minimum atomic E-state index is 0.237. The van der Waals surface area contributed by atoms with Gasteiger partial charge in [-0.1, -0.05) is 79.4 Å². The van der Waals surface area contributed by atoms with Crippen LogP contribution in [0.25, 0.3) is 28.1 Å². The summed E-state index contributed by atoms with van der Waals surface area (Å²) in [6, 6.07) is 32.5. The molecule has 0 aliphatic heterocycles. The molecule has 4 aromatic rings. The molecule has 0 spiro atoms. The van der Waals surface area contributed by atoms with Gasteiger partial charge in [-0.3, -0.25) is 0 Å². The van der Waals surface area contributed by atoms with Gasteiger partial charge in [-0.2, -0.15) is 0 Å². The number of hydrogen-bond donors (Lipinski definition) is 1. The second-order valence-corrected chi connectivity index (χ2v) is 8.41. The Bertz CT molecular complexity index is 1200. The van der Waals surface area contributed by atoms with Crippen LogP contribution in [0.1, 0.15) is 36.4 Å². The lowest BCUT2D eigenvalue weighted by atomic mass is 10.0. The van der Waals surface area contributed by atoms with Gasteiger partial charge in [-0.15, -0.1) is 0 Å². The van der Waals surface area contributed by atoms with E-state index in [4.69, 9.17) is 0 Å². The summed E-state index contributed by atoms with van der Waals surface area (Å²) in [6.45, 7) is 3.64. The predicted octanol–water partition coefficient (Wildman–Crippen LogP) is 7.69. The average Bonchev–Trinajstić information content (AvgIpc) is 3.58. The van der Waals surface area contributed by atoms with Gasteiger partial charge in [0.05, 0.1) is 11.5 Å². The highest BCUT2D eigenvalue weighted by molar-refractivity contribution is 5.78. The minimum Gasteiger partial charge on any atom is -0.513 e. The van der Waals surface area contributed by atoms with E-state index >= 15 is 0 Å². The molecule has 1 aliphatic carbocycles. The van der Waals surface area contributed by atoms with Crippen LogP contribution >= 0.6 is 0 Å². The van der Waals surface area contributed by atoms with Crippen molar-refractivity contribution in [2.45, 2.75) is 31.6 Å². The van der Waals surface area contributed by atoms with Gasteiger partial charge in [0, 0.05) is 29.3 Å². The summed E-state index contributed by atoms with van der Waals surface area (Å²) in [5.41, 5.74) is 8.86. The summed E-state index contributed by atoms with van der Waals surface area (Å²) in [4.78, 5) is 0. The van der Waals surface area contributed by atoms with Crippen LogP contribution in [0.3, 0.4) is 0 Å². The molecule has 1 fully saturated rings. The molecule has 1 aliphatic rings. The van der Waals surface area contributed by atoms with Crippen LogP contribution in [0.5, 0.6) is 0 Å². The summed E-state index contributed by atoms with van der Waals surface area (Å²) in [6.07, 6.45) is 3.85. The summed E-state index contributed by atoms with van der Waals surface area (Å²) in [7, 11) is 0. The van der Waals surface area contributed by atoms with Crippen LogP contribution in [0.4, 0.5) is 0 Å². The predicted molar refractivity (Wildman–Crippen MR) is 129 cm³/mol. The first-order chi connectivity index (χ1) is 15.2. The van der Waals surface area contributed by atoms with E-state index in [0.717, 1.165) is 6.42 Å². The Morgan fingerprint density at radius 2 is 1.52 bits per heavy atom. The van der Waals surface area contributed by atoms with Gasteiger partial charge in [0.2, 0.25) is 0 Å². The summed E-state index contributed by atoms with van der Waals surface area (Å²) < 4.78 is 2.46. The fourth-order valence-electron chi connectivity index (χ4n) is 4.37. The molecule has 3 aromatic carbocycles. The molecular formula is C29H27NO. The molecule has 1 heterocycles. The lowest BCUT2D eigenvalue weighted by molar-refractivity contribution is 0.391. The van der Waals surface area contributed by atoms with Crippen molar-refractivity contribution < 1.29 is 5.11 Å². The standard InChI is InChI=1S/C29H27NO/c1-21(31)15-16-22-9-8-14-26(19-22)30-28(24-12-6-3-7-13-24)20-27(29(30)25-17-18-25)23-10-4-2-5-11-23/h2-14,19-20,25,31H,1,15-18H2. The van der Waals surface area contributed by atoms with E-state index in [1.165, 1.54) is 52.2 Å². The first-order valence-electron chi connectivity index (χ1n) is 11.0. The highest BCUT2D eigenvalue weighted by Gasteiger charge is 2.32. The van der Waals surface area contributed by atoms with E-state index in [-0.39, 0.29) is 5.76 Å². The number of benzene rings is 3. The minimum absolute atomic E-state index is 0.237. The van der Waals surface area contributed by atoms with Gasteiger partial charge in [-0.05, 0) is 54.2 Å². The van der Waals surface area contributed by atoms with Crippen LogP contribution in [-0.4, -0.2) is 9.67 Å². The van der Waals surface area contributed by atoms with Crippen LogP contribution < -0.4 is 0 Å².